The molecule has 1 N–H and O–H groups in total. The highest BCUT2D eigenvalue weighted by Gasteiger charge is 2.15. The molecule has 2 aromatic carbocycles. The number of rotatable bonds is 6. The summed E-state index contributed by atoms with van der Waals surface area (Å²) in [6.45, 7) is 3.01. The van der Waals surface area contributed by atoms with Crippen LogP contribution in [-0.2, 0) is 6.42 Å². The van der Waals surface area contributed by atoms with Gasteiger partial charge >= 0.3 is 0 Å². The molecule has 0 fully saturated rings. The van der Waals surface area contributed by atoms with Gasteiger partial charge < -0.3 is 5.32 Å². The van der Waals surface area contributed by atoms with E-state index in [2.05, 4.69) is 28.2 Å². The molecule has 0 aliphatic rings. The Morgan fingerprint density at radius 2 is 2.05 bits per heavy atom. The fraction of sp³-hybridized carbons (Fsp3) is 0.294. The molecular weight excluding hydrogens is 353 g/mol. The van der Waals surface area contributed by atoms with E-state index in [0.29, 0.717) is 6.42 Å². The zero-order valence-corrected chi connectivity index (χ0v) is 14.2. The van der Waals surface area contributed by atoms with Crippen molar-refractivity contribution in [1.29, 1.82) is 0 Å². The summed E-state index contributed by atoms with van der Waals surface area (Å²) in [6, 6.07) is 12.6. The van der Waals surface area contributed by atoms with E-state index in [1.54, 1.807) is 12.1 Å². The van der Waals surface area contributed by atoms with E-state index in [9.17, 15) is 4.39 Å². The van der Waals surface area contributed by atoms with Crippen LogP contribution in [0, 0.1) is 5.82 Å². The molecule has 0 amide bonds. The van der Waals surface area contributed by atoms with Crippen LogP contribution in [0.5, 0.6) is 0 Å². The Kier molecular flexibility index (Phi) is 6.22. The maximum absolute atomic E-state index is 13.4. The van der Waals surface area contributed by atoms with Crippen LogP contribution >= 0.6 is 27.5 Å². The van der Waals surface area contributed by atoms with Crippen LogP contribution in [0.15, 0.2) is 46.9 Å². The van der Waals surface area contributed by atoms with Gasteiger partial charge in [0.15, 0.2) is 0 Å². The Bertz CT molecular complexity index is 603. The predicted octanol–water partition coefficient (Wildman–Crippen LogP) is 5.53. The molecule has 0 spiro atoms. The molecular formula is C17H18BrClFN. The van der Waals surface area contributed by atoms with Crippen molar-refractivity contribution < 1.29 is 4.39 Å². The summed E-state index contributed by atoms with van der Waals surface area (Å²) in [7, 11) is 0. The van der Waals surface area contributed by atoms with E-state index in [1.165, 1.54) is 6.07 Å². The summed E-state index contributed by atoms with van der Waals surface area (Å²) in [4.78, 5) is 0. The van der Waals surface area contributed by atoms with Crippen molar-refractivity contribution in [3.63, 3.8) is 0 Å². The quantitative estimate of drug-likeness (QED) is 0.705. The smallest absolute Gasteiger partial charge is 0.123 e. The first-order valence-corrected chi connectivity index (χ1v) is 8.20. The Balaban J connectivity index is 2.27. The molecule has 0 radical (unpaired) electrons. The molecule has 2 rings (SSSR count). The van der Waals surface area contributed by atoms with Gasteiger partial charge in [0.2, 0.25) is 0 Å². The molecule has 21 heavy (non-hydrogen) atoms. The van der Waals surface area contributed by atoms with Gasteiger partial charge in [-0.2, -0.15) is 0 Å². The molecule has 1 atom stereocenters. The first kappa shape index (κ1) is 16.5. The molecule has 1 nitrogen and oxygen atoms in total. The average molecular weight is 371 g/mol. The van der Waals surface area contributed by atoms with Gasteiger partial charge in [-0.15, -0.1) is 0 Å². The van der Waals surface area contributed by atoms with Crippen LogP contribution in [-0.4, -0.2) is 6.54 Å². The predicted molar refractivity (Wildman–Crippen MR) is 90.3 cm³/mol. The van der Waals surface area contributed by atoms with E-state index in [1.807, 2.05) is 24.3 Å². The molecule has 0 aromatic heterocycles. The lowest BCUT2D eigenvalue weighted by Gasteiger charge is -2.21. The zero-order valence-electron chi connectivity index (χ0n) is 11.9. The van der Waals surface area contributed by atoms with E-state index in [-0.39, 0.29) is 11.9 Å². The molecule has 0 saturated carbocycles. The second kappa shape index (κ2) is 7.92. The summed E-state index contributed by atoms with van der Waals surface area (Å²) >= 11 is 9.82. The Labute approximate surface area is 138 Å². The summed E-state index contributed by atoms with van der Waals surface area (Å²) in [5, 5.41) is 4.22. The number of hydrogen-bond donors (Lipinski definition) is 1. The van der Waals surface area contributed by atoms with Crippen LogP contribution < -0.4 is 5.32 Å². The summed E-state index contributed by atoms with van der Waals surface area (Å²) in [6.07, 6.45) is 1.74. The van der Waals surface area contributed by atoms with E-state index >= 15 is 0 Å². The lowest BCUT2D eigenvalue weighted by molar-refractivity contribution is 0.527. The van der Waals surface area contributed by atoms with Crippen molar-refractivity contribution in [2.24, 2.45) is 0 Å². The van der Waals surface area contributed by atoms with Crippen molar-refractivity contribution in [2.75, 3.05) is 6.54 Å². The molecule has 0 heterocycles. The Morgan fingerprint density at radius 1 is 1.24 bits per heavy atom. The summed E-state index contributed by atoms with van der Waals surface area (Å²) < 4.78 is 14.4. The molecule has 0 saturated heterocycles. The van der Waals surface area contributed by atoms with Gasteiger partial charge in [0.25, 0.3) is 0 Å². The summed E-state index contributed by atoms with van der Waals surface area (Å²) in [5.74, 6) is -0.206. The average Bonchev–Trinajstić information content (AvgIpc) is 2.46. The standard InChI is InChI=1S/C17H18BrClFN/c1-2-8-21-17(10-12-4-3-5-14(20)9-12)15-11-13(18)6-7-16(15)19/h3-7,9,11,17,21H,2,8,10H2,1H3. The topological polar surface area (TPSA) is 12.0 Å². The second-order valence-corrected chi connectivity index (χ2v) is 6.33. The van der Waals surface area contributed by atoms with Crippen LogP contribution in [0.2, 0.25) is 5.02 Å². The first-order chi connectivity index (χ1) is 10.1. The van der Waals surface area contributed by atoms with Gasteiger partial charge in [0.1, 0.15) is 5.82 Å². The molecule has 4 heteroatoms. The molecule has 2 aromatic rings. The van der Waals surface area contributed by atoms with Crippen molar-refractivity contribution >= 4 is 27.5 Å². The lowest BCUT2D eigenvalue weighted by atomic mass is 9.98. The normalized spacial score (nSPS) is 12.4. The first-order valence-electron chi connectivity index (χ1n) is 7.03. The minimum absolute atomic E-state index is 0.0664. The highest BCUT2D eigenvalue weighted by Crippen LogP contribution is 2.29. The molecule has 112 valence electrons. The number of benzene rings is 2. The molecule has 0 aliphatic carbocycles. The second-order valence-electron chi connectivity index (χ2n) is 5.01. The van der Waals surface area contributed by atoms with Crippen LogP contribution in [0.25, 0.3) is 0 Å². The third-order valence-corrected chi connectivity index (χ3v) is 4.14. The highest BCUT2D eigenvalue weighted by atomic mass is 79.9. The fourth-order valence-electron chi connectivity index (χ4n) is 2.29. The summed E-state index contributed by atoms with van der Waals surface area (Å²) in [5.41, 5.74) is 1.99. The SMILES string of the molecule is CCCNC(Cc1cccc(F)c1)c1cc(Br)ccc1Cl. The Morgan fingerprint density at radius 3 is 2.76 bits per heavy atom. The van der Waals surface area contributed by atoms with E-state index in [0.717, 1.165) is 33.6 Å². The fourth-order valence-corrected chi connectivity index (χ4v) is 2.92. The largest absolute Gasteiger partial charge is 0.310 e. The molecule has 1 unspecified atom stereocenters. The Hall–Kier alpha value is -0.900. The zero-order chi connectivity index (χ0) is 15.2. The van der Waals surface area contributed by atoms with Crippen molar-refractivity contribution in [2.45, 2.75) is 25.8 Å². The van der Waals surface area contributed by atoms with Gasteiger partial charge in [-0.3, -0.25) is 0 Å². The van der Waals surface area contributed by atoms with Gasteiger partial charge in [0.05, 0.1) is 0 Å². The number of nitrogens with one attached hydrogen (secondary N) is 1. The number of halogens is 3. The lowest BCUT2D eigenvalue weighted by Crippen LogP contribution is -2.24. The van der Waals surface area contributed by atoms with Gasteiger partial charge in [-0.25, -0.2) is 4.39 Å². The number of hydrogen-bond acceptors (Lipinski definition) is 1. The highest BCUT2D eigenvalue weighted by molar-refractivity contribution is 9.10. The minimum atomic E-state index is -0.206. The maximum Gasteiger partial charge on any atom is 0.123 e. The minimum Gasteiger partial charge on any atom is -0.310 e. The van der Waals surface area contributed by atoms with Gasteiger partial charge in [0, 0.05) is 15.5 Å². The maximum atomic E-state index is 13.4. The van der Waals surface area contributed by atoms with Crippen molar-refractivity contribution in [3.05, 3.63) is 68.9 Å². The van der Waals surface area contributed by atoms with Crippen LogP contribution in [0.1, 0.15) is 30.5 Å². The van der Waals surface area contributed by atoms with Crippen molar-refractivity contribution in [1.82, 2.24) is 5.32 Å². The monoisotopic (exact) mass is 369 g/mol. The molecule has 0 bridgehead atoms. The van der Waals surface area contributed by atoms with Crippen molar-refractivity contribution in [3.8, 4) is 0 Å². The van der Waals surface area contributed by atoms with E-state index < -0.39 is 0 Å². The molecule has 0 aliphatic heterocycles. The third kappa shape index (κ3) is 4.80. The van der Waals surface area contributed by atoms with Crippen LogP contribution in [0.3, 0.4) is 0 Å². The van der Waals surface area contributed by atoms with Gasteiger partial charge in [-0.05, 0) is 60.8 Å². The van der Waals surface area contributed by atoms with Crippen LogP contribution in [0.4, 0.5) is 4.39 Å². The third-order valence-electron chi connectivity index (χ3n) is 3.30. The van der Waals surface area contributed by atoms with E-state index in [4.69, 9.17) is 11.6 Å². The van der Waals surface area contributed by atoms with Gasteiger partial charge in [-0.1, -0.05) is 46.6 Å².